The highest BCUT2D eigenvalue weighted by Crippen LogP contribution is 2.49. The maximum atomic E-state index is 13.5. The van der Waals surface area contributed by atoms with Gasteiger partial charge in [-0.25, -0.2) is 12.7 Å². The number of nitrogens with one attached hydrogen (secondary N) is 2. The Bertz CT molecular complexity index is 1060. The van der Waals surface area contributed by atoms with E-state index in [0.29, 0.717) is 30.6 Å². The van der Waals surface area contributed by atoms with E-state index in [1.807, 2.05) is 12.2 Å². The van der Waals surface area contributed by atoms with Gasteiger partial charge in [0.2, 0.25) is 10.0 Å². The number of halogens is 3. The van der Waals surface area contributed by atoms with Gasteiger partial charge in [-0.3, -0.25) is 0 Å². The number of rotatable bonds is 8. The van der Waals surface area contributed by atoms with Gasteiger partial charge in [-0.2, -0.15) is 13.2 Å². The quantitative estimate of drug-likeness (QED) is 0.506. The first-order valence-electron chi connectivity index (χ1n) is 12.1. The van der Waals surface area contributed by atoms with E-state index in [2.05, 4.69) is 22.8 Å². The molecule has 0 aromatic heterocycles. The van der Waals surface area contributed by atoms with Crippen LogP contribution in [0.2, 0.25) is 0 Å². The van der Waals surface area contributed by atoms with Crippen LogP contribution >= 0.6 is 0 Å². The molecule has 1 saturated heterocycles. The lowest BCUT2D eigenvalue weighted by molar-refractivity contribution is -0.138. The molecule has 1 aliphatic carbocycles. The molecular formula is C25H34F3N3O3S. The van der Waals surface area contributed by atoms with Gasteiger partial charge in [-0.1, -0.05) is 24.3 Å². The summed E-state index contributed by atoms with van der Waals surface area (Å²) in [5.74, 6) is 0.230. The molecule has 2 heterocycles. The largest absolute Gasteiger partial charge is 0.416 e. The fraction of sp³-hybridized carbons (Fsp3) is 0.600. The molecule has 2 aliphatic heterocycles. The minimum absolute atomic E-state index is 0.0130. The molecule has 2 N–H and O–H groups in total. The van der Waals surface area contributed by atoms with E-state index in [0.717, 1.165) is 18.9 Å². The number of sulfonamides is 1. The zero-order chi connectivity index (χ0) is 25.2. The van der Waals surface area contributed by atoms with Crippen LogP contribution in [0.15, 0.2) is 42.5 Å². The zero-order valence-corrected chi connectivity index (χ0v) is 20.9. The van der Waals surface area contributed by atoms with E-state index >= 15 is 0 Å². The monoisotopic (exact) mass is 513 g/mol. The van der Waals surface area contributed by atoms with Crippen molar-refractivity contribution in [2.75, 3.05) is 38.3 Å². The third-order valence-corrected chi connectivity index (χ3v) is 9.16. The minimum atomic E-state index is -4.45. The second kappa shape index (κ2) is 10.6. The van der Waals surface area contributed by atoms with Crippen LogP contribution in [0.5, 0.6) is 0 Å². The van der Waals surface area contributed by atoms with Crippen molar-refractivity contribution in [3.05, 3.63) is 53.6 Å². The SMILES string of the molecule is CNCCCS(=O)(=O)N(C)C[C@H]1CC[C@@H]2[C@H](O1)c1cc(C(F)(F)F)ccc1N[C@H]2C1C=CC=CC1. The molecule has 0 radical (unpaired) electrons. The summed E-state index contributed by atoms with van der Waals surface area (Å²) < 4.78 is 73.6. The highest BCUT2D eigenvalue weighted by Gasteiger charge is 2.45. The molecule has 4 rings (SSSR count). The molecule has 194 valence electrons. The molecule has 0 amide bonds. The van der Waals surface area contributed by atoms with Gasteiger partial charge in [0.15, 0.2) is 0 Å². The molecular weight excluding hydrogens is 479 g/mol. The number of fused-ring (bicyclic) bond motifs is 3. The number of ether oxygens (including phenoxy) is 1. The molecule has 0 spiro atoms. The van der Waals surface area contributed by atoms with Crippen LogP contribution in [0.3, 0.4) is 0 Å². The average molecular weight is 514 g/mol. The summed E-state index contributed by atoms with van der Waals surface area (Å²) in [5.41, 5.74) is 0.451. The van der Waals surface area contributed by atoms with Crippen LogP contribution in [0.4, 0.5) is 18.9 Å². The Morgan fingerprint density at radius 3 is 2.71 bits per heavy atom. The van der Waals surface area contributed by atoms with Gasteiger partial charge in [-0.15, -0.1) is 0 Å². The van der Waals surface area contributed by atoms with Gasteiger partial charge >= 0.3 is 6.18 Å². The number of benzene rings is 1. The summed E-state index contributed by atoms with van der Waals surface area (Å²) in [6.45, 7) is 0.790. The van der Waals surface area contributed by atoms with Crippen molar-refractivity contribution in [3.63, 3.8) is 0 Å². The lowest BCUT2D eigenvalue weighted by Crippen LogP contribution is -2.48. The Morgan fingerprint density at radius 1 is 1.23 bits per heavy atom. The van der Waals surface area contributed by atoms with Crippen molar-refractivity contribution in [3.8, 4) is 0 Å². The Balaban J connectivity index is 1.57. The first-order chi connectivity index (χ1) is 16.6. The first-order valence-corrected chi connectivity index (χ1v) is 13.8. The maximum absolute atomic E-state index is 13.5. The summed E-state index contributed by atoms with van der Waals surface area (Å²) in [6.07, 6.45) is 5.63. The van der Waals surface area contributed by atoms with Crippen LogP contribution < -0.4 is 10.6 Å². The van der Waals surface area contributed by atoms with Crippen molar-refractivity contribution in [2.24, 2.45) is 11.8 Å². The normalized spacial score (nSPS) is 28.5. The van der Waals surface area contributed by atoms with Crippen LogP contribution in [-0.2, 0) is 20.9 Å². The number of alkyl halides is 3. The van der Waals surface area contributed by atoms with Crippen molar-refractivity contribution in [1.29, 1.82) is 0 Å². The molecule has 1 aromatic carbocycles. The highest BCUT2D eigenvalue weighted by molar-refractivity contribution is 7.89. The van der Waals surface area contributed by atoms with Gasteiger partial charge in [0, 0.05) is 42.7 Å². The number of hydrogen-bond donors (Lipinski definition) is 2. The number of hydrogen-bond acceptors (Lipinski definition) is 5. The lowest BCUT2D eigenvalue weighted by atomic mass is 9.73. The van der Waals surface area contributed by atoms with E-state index in [9.17, 15) is 21.6 Å². The van der Waals surface area contributed by atoms with E-state index < -0.39 is 27.9 Å². The number of likely N-dealkylation sites (N-methyl/N-ethyl adjacent to an activating group) is 1. The maximum Gasteiger partial charge on any atom is 0.416 e. The van der Waals surface area contributed by atoms with Crippen LogP contribution in [0.25, 0.3) is 0 Å². The predicted molar refractivity (Wildman–Crippen MR) is 131 cm³/mol. The molecule has 1 fully saturated rings. The summed E-state index contributed by atoms with van der Waals surface area (Å²) in [7, 11) is -0.120. The van der Waals surface area contributed by atoms with Crippen molar-refractivity contribution in [1.82, 2.24) is 9.62 Å². The summed E-state index contributed by atoms with van der Waals surface area (Å²) in [4.78, 5) is 0. The summed E-state index contributed by atoms with van der Waals surface area (Å²) in [6, 6.07) is 3.81. The Hall–Kier alpha value is -1.88. The molecule has 1 unspecified atom stereocenters. The van der Waals surface area contributed by atoms with Crippen LogP contribution in [0.1, 0.15) is 42.9 Å². The fourth-order valence-electron chi connectivity index (χ4n) is 5.38. The van der Waals surface area contributed by atoms with Gasteiger partial charge in [0.05, 0.1) is 23.5 Å². The zero-order valence-electron chi connectivity index (χ0n) is 20.1. The number of anilines is 1. The topological polar surface area (TPSA) is 70.7 Å². The Labute approximate surface area is 205 Å². The smallest absolute Gasteiger partial charge is 0.381 e. The summed E-state index contributed by atoms with van der Waals surface area (Å²) >= 11 is 0. The molecule has 0 saturated carbocycles. The van der Waals surface area contributed by atoms with Crippen LogP contribution in [0, 0.1) is 11.8 Å². The highest BCUT2D eigenvalue weighted by atomic mass is 32.2. The Kier molecular flexibility index (Phi) is 7.95. The molecule has 0 bridgehead atoms. The summed E-state index contributed by atoms with van der Waals surface area (Å²) in [5, 5.41) is 6.45. The minimum Gasteiger partial charge on any atom is -0.381 e. The number of nitrogens with zero attached hydrogens (tertiary/aromatic N) is 1. The van der Waals surface area contributed by atoms with Gasteiger partial charge < -0.3 is 15.4 Å². The van der Waals surface area contributed by atoms with Crippen molar-refractivity contribution in [2.45, 2.75) is 50.1 Å². The van der Waals surface area contributed by atoms with Crippen LogP contribution in [-0.4, -0.2) is 57.8 Å². The molecule has 3 aliphatic rings. The van der Waals surface area contributed by atoms with Crippen molar-refractivity contribution < 1.29 is 26.3 Å². The average Bonchev–Trinajstić information content (AvgIpc) is 2.83. The van der Waals surface area contributed by atoms with E-state index in [1.165, 1.54) is 16.4 Å². The molecule has 1 aromatic rings. The third-order valence-electron chi connectivity index (χ3n) is 7.26. The van der Waals surface area contributed by atoms with Gasteiger partial charge in [-0.05, 0) is 57.5 Å². The lowest BCUT2D eigenvalue weighted by Gasteiger charge is -2.48. The fourth-order valence-corrected chi connectivity index (χ4v) is 6.60. The van der Waals surface area contributed by atoms with Crippen molar-refractivity contribution >= 4 is 15.7 Å². The second-order valence-electron chi connectivity index (χ2n) is 9.66. The van der Waals surface area contributed by atoms with E-state index in [-0.39, 0.29) is 36.3 Å². The molecule has 35 heavy (non-hydrogen) atoms. The second-order valence-corrected chi connectivity index (χ2v) is 11.9. The third kappa shape index (κ3) is 5.93. The van der Waals surface area contributed by atoms with E-state index in [4.69, 9.17) is 4.74 Å². The number of allylic oxidation sites excluding steroid dienone is 3. The predicted octanol–water partition coefficient (Wildman–Crippen LogP) is 4.34. The standard InChI is InChI=1S/C25H34F3N3O3S/c1-29-13-6-14-35(32,33)31(2)16-19-10-11-20-23(17-7-4-3-5-8-17)30-22-12-9-18(25(26,27)28)15-21(22)24(20)34-19/h3-5,7,9,12,15,17,19-20,23-24,29-30H,6,8,10-11,13-14,16H2,1-2H3/t17?,19-,20+,23+,24+/m1/s1. The molecule has 5 atom stereocenters. The van der Waals surface area contributed by atoms with Gasteiger partial charge in [0.1, 0.15) is 0 Å². The van der Waals surface area contributed by atoms with E-state index in [1.54, 1.807) is 14.1 Å². The molecule has 10 heteroatoms. The molecule has 6 nitrogen and oxygen atoms in total. The van der Waals surface area contributed by atoms with Gasteiger partial charge in [0.25, 0.3) is 0 Å². The Morgan fingerprint density at radius 2 is 2.03 bits per heavy atom. The first kappa shape index (κ1) is 26.2.